The van der Waals surface area contributed by atoms with Crippen LogP contribution in [0.4, 0.5) is 10.1 Å². The molecule has 2 rings (SSSR count). The molecule has 2 aromatic carbocycles. The minimum atomic E-state index is -4.09. The molecule has 0 radical (unpaired) electrons. The largest absolute Gasteiger partial charge is 0.278 e. The summed E-state index contributed by atoms with van der Waals surface area (Å²) in [5, 5.41) is 8.91. The van der Waals surface area contributed by atoms with Crippen LogP contribution in [0.25, 0.3) is 0 Å². The summed E-state index contributed by atoms with van der Waals surface area (Å²) >= 11 is 3.05. The maximum atomic E-state index is 13.7. The Morgan fingerprint density at radius 2 is 1.90 bits per heavy atom. The van der Waals surface area contributed by atoms with Gasteiger partial charge in [0.15, 0.2) is 0 Å². The zero-order valence-electron chi connectivity index (χ0n) is 9.97. The number of sulfonamides is 1. The second-order valence-corrected chi connectivity index (χ2v) is 6.40. The Bertz CT molecular complexity index is 800. The molecule has 0 fully saturated rings. The van der Waals surface area contributed by atoms with Crippen molar-refractivity contribution in [1.82, 2.24) is 0 Å². The second-order valence-electron chi connectivity index (χ2n) is 3.84. The van der Waals surface area contributed by atoms with Gasteiger partial charge < -0.3 is 0 Å². The van der Waals surface area contributed by atoms with Gasteiger partial charge in [-0.2, -0.15) is 5.26 Å². The Kier molecular flexibility index (Phi) is 4.06. The Morgan fingerprint density at radius 1 is 1.20 bits per heavy atom. The number of benzene rings is 2. The SMILES string of the molecule is N#Cc1ccccc1NS(=O)(=O)c1ccc(Br)cc1F. The molecule has 0 bridgehead atoms. The molecule has 20 heavy (non-hydrogen) atoms. The van der Waals surface area contributed by atoms with Crippen molar-refractivity contribution in [2.75, 3.05) is 4.72 Å². The third-order valence-corrected chi connectivity index (χ3v) is 4.37. The molecule has 102 valence electrons. The molecule has 0 atom stereocenters. The summed E-state index contributed by atoms with van der Waals surface area (Å²) in [6, 6.07) is 11.6. The van der Waals surface area contributed by atoms with Crippen molar-refractivity contribution in [3.05, 3.63) is 58.3 Å². The monoisotopic (exact) mass is 354 g/mol. The molecule has 7 heteroatoms. The normalized spacial score (nSPS) is 10.8. The lowest BCUT2D eigenvalue weighted by Crippen LogP contribution is -2.15. The molecule has 0 amide bonds. The minimum Gasteiger partial charge on any atom is -0.278 e. The first-order chi connectivity index (χ1) is 9.44. The van der Waals surface area contributed by atoms with Crippen LogP contribution in [0, 0.1) is 17.1 Å². The van der Waals surface area contributed by atoms with Crippen LogP contribution in [0.15, 0.2) is 51.8 Å². The maximum Gasteiger partial charge on any atom is 0.264 e. The zero-order valence-corrected chi connectivity index (χ0v) is 12.4. The number of nitrogens with zero attached hydrogens (tertiary/aromatic N) is 1. The van der Waals surface area contributed by atoms with E-state index in [4.69, 9.17) is 5.26 Å². The van der Waals surface area contributed by atoms with Crippen LogP contribution in [0.3, 0.4) is 0 Å². The van der Waals surface area contributed by atoms with Crippen LogP contribution < -0.4 is 4.72 Å². The molecular formula is C13H8BrFN2O2S. The fraction of sp³-hybridized carbons (Fsp3) is 0. The Morgan fingerprint density at radius 3 is 2.55 bits per heavy atom. The molecule has 0 aliphatic heterocycles. The smallest absolute Gasteiger partial charge is 0.264 e. The van der Waals surface area contributed by atoms with Gasteiger partial charge in [0.25, 0.3) is 10.0 Å². The average Bonchev–Trinajstić information content (AvgIpc) is 2.38. The third-order valence-electron chi connectivity index (χ3n) is 2.48. The first-order valence-electron chi connectivity index (χ1n) is 5.41. The summed E-state index contributed by atoms with van der Waals surface area (Å²) < 4.78 is 40.6. The van der Waals surface area contributed by atoms with Crippen molar-refractivity contribution in [2.45, 2.75) is 4.90 Å². The highest BCUT2D eigenvalue weighted by atomic mass is 79.9. The van der Waals surface area contributed by atoms with E-state index in [0.717, 1.165) is 12.1 Å². The average molecular weight is 355 g/mol. The maximum absolute atomic E-state index is 13.7. The highest BCUT2D eigenvalue weighted by Gasteiger charge is 2.20. The van der Waals surface area contributed by atoms with Crippen molar-refractivity contribution in [3.8, 4) is 6.07 Å². The van der Waals surface area contributed by atoms with Gasteiger partial charge in [-0.3, -0.25) is 4.72 Å². The first kappa shape index (κ1) is 14.5. The van der Waals surface area contributed by atoms with Gasteiger partial charge in [0, 0.05) is 4.47 Å². The number of nitriles is 1. The van der Waals surface area contributed by atoms with Crippen LogP contribution in [0.5, 0.6) is 0 Å². The predicted octanol–water partition coefficient (Wildman–Crippen LogP) is 3.26. The van der Waals surface area contributed by atoms with Crippen LogP contribution in [-0.4, -0.2) is 8.42 Å². The molecule has 0 heterocycles. The molecule has 0 unspecified atom stereocenters. The fourth-order valence-electron chi connectivity index (χ4n) is 1.56. The number of hydrogen-bond acceptors (Lipinski definition) is 3. The molecule has 0 saturated carbocycles. The van der Waals surface area contributed by atoms with Crippen molar-refractivity contribution < 1.29 is 12.8 Å². The highest BCUT2D eigenvalue weighted by molar-refractivity contribution is 9.10. The Hall–Kier alpha value is -1.91. The quantitative estimate of drug-likeness (QED) is 0.919. The number of hydrogen-bond donors (Lipinski definition) is 1. The van der Waals surface area contributed by atoms with Crippen molar-refractivity contribution in [1.29, 1.82) is 5.26 Å². The number of halogens is 2. The fourth-order valence-corrected chi connectivity index (χ4v) is 3.04. The van der Waals surface area contributed by atoms with E-state index in [0.29, 0.717) is 4.47 Å². The van der Waals surface area contributed by atoms with Gasteiger partial charge in [-0.15, -0.1) is 0 Å². The van der Waals surface area contributed by atoms with Crippen LogP contribution in [-0.2, 0) is 10.0 Å². The van der Waals surface area contributed by atoms with E-state index in [9.17, 15) is 12.8 Å². The van der Waals surface area contributed by atoms with Crippen LogP contribution in [0.2, 0.25) is 0 Å². The van der Waals surface area contributed by atoms with Gasteiger partial charge in [0.05, 0.1) is 11.3 Å². The highest BCUT2D eigenvalue weighted by Crippen LogP contribution is 2.23. The standard InChI is InChI=1S/C13H8BrFN2O2S/c14-10-5-6-13(11(15)7-10)20(18,19)17-12-4-2-1-3-9(12)8-16/h1-7,17H. The third kappa shape index (κ3) is 2.98. The minimum absolute atomic E-state index is 0.109. The lowest BCUT2D eigenvalue weighted by atomic mass is 10.2. The van der Waals surface area contributed by atoms with Crippen molar-refractivity contribution in [3.63, 3.8) is 0 Å². The van der Waals surface area contributed by atoms with Gasteiger partial charge >= 0.3 is 0 Å². The van der Waals surface area contributed by atoms with Crippen molar-refractivity contribution >= 4 is 31.6 Å². The Balaban J connectivity index is 2.44. The number of anilines is 1. The van der Waals surface area contributed by atoms with Crippen LogP contribution in [0.1, 0.15) is 5.56 Å². The second kappa shape index (κ2) is 5.61. The summed E-state index contributed by atoms with van der Waals surface area (Å²) in [4.78, 5) is -0.478. The van der Waals surface area contributed by atoms with Gasteiger partial charge in [-0.25, -0.2) is 12.8 Å². The molecule has 1 N–H and O–H groups in total. The van der Waals surface area contributed by atoms with E-state index in [2.05, 4.69) is 20.7 Å². The summed E-state index contributed by atoms with van der Waals surface area (Å²) in [5.41, 5.74) is 0.269. The van der Waals surface area contributed by atoms with E-state index in [1.165, 1.54) is 18.2 Å². The topological polar surface area (TPSA) is 70.0 Å². The van der Waals surface area contributed by atoms with E-state index in [1.807, 2.05) is 6.07 Å². The molecule has 4 nitrogen and oxygen atoms in total. The molecule has 0 saturated heterocycles. The predicted molar refractivity (Wildman–Crippen MR) is 76.1 cm³/mol. The first-order valence-corrected chi connectivity index (χ1v) is 7.68. The van der Waals surface area contributed by atoms with Gasteiger partial charge in [-0.1, -0.05) is 28.1 Å². The lowest BCUT2D eigenvalue weighted by molar-refractivity contribution is 0.570. The Labute approximate surface area is 124 Å². The summed E-state index contributed by atoms with van der Waals surface area (Å²) in [7, 11) is -4.09. The summed E-state index contributed by atoms with van der Waals surface area (Å²) in [6.07, 6.45) is 0. The molecule has 0 spiro atoms. The summed E-state index contributed by atoms with van der Waals surface area (Å²) in [6.45, 7) is 0. The summed E-state index contributed by atoms with van der Waals surface area (Å²) in [5.74, 6) is -0.874. The zero-order chi connectivity index (χ0) is 14.8. The molecular weight excluding hydrogens is 347 g/mol. The van der Waals surface area contributed by atoms with Crippen molar-refractivity contribution in [2.24, 2.45) is 0 Å². The van der Waals surface area contributed by atoms with Gasteiger partial charge in [-0.05, 0) is 30.3 Å². The lowest BCUT2D eigenvalue weighted by Gasteiger charge is -2.10. The molecule has 0 aliphatic rings. The molecule has 2 aromatic rings. The van der Waals surface area contributed by atoms with E-state index < -0.39 is 20.7 Å². The van der Waals surface area contributed by atoms with Crippen LogP contribution >= 0.6 is 15.9 Å². The van der Waals surface area contributed by atoms with Gasteiger partial charge in [0.1, 0.15) is 16.8 Å². The molecule has 0 aliphatic carbocycles. The number of para-hydroxylation sites is 1. The number of rotatable bonds is 3. The van der Waals surface area contributed by atoms with E-state index in [-0.39, 0.29) is 11.3 Å². The van der Waals surface area contributed by atoms with Gasteiger partial charge in [0.2, 0.25) is 0 Å². The van der Waals surface area contributed by atoms with E-state index in [1.54, 1.807) is 12.1 Å². The van der Waals surface area contributed by atoms with E-state index >= 15 is 0 Å². The number of nitrogens with one attached hydrogen (secondary N) is 1. The molecule has 0 aromatic heterocycles.